The molecule has 0 aliphatic rings. The van der Waals surface area contributed by atoms with Gasteiger partial charge >= 0.3 is 0 Å². The van der Waals surface area contributed by atoms with Crippen LogP contribution in [0.25, 0.3) is 110 Å². The van der Waals surface area contributed by atoms with E-state index in [0.717, 1.165) is 65.6 Å². The quantitative estimate of drug-likeness (QED) is 0.174. The summed E-state index contributed by atoms with van der Waals surface area (Å²) in [6, 6.07) is 61.8. The van der Waals surface area contributed by atoms with Crippen LogP contribution in [-0.2, 0) is 0 Å². The van der Waals surface area contributed by atoms with Crippen LogP contribution in [0, 0.1) is 0 Å². The largest absolute Gasteiger partial charge is 0.456 e. The van der Waals surface area contributed by atoms with Gasteiger partial charge in [-0.3, -0.25) is 0 Å². The third-order valence-electron chi connectivity index (χ3n) is 10.4. The summed E-state index contributed by atoms with van der Waals surface area (Å²) in [5, 5.41) is 11.5. The van der Waals surface area contributed by atoms with Gasteiger partial charge in [-0.1, -0.05) is 133 Å². The van der Waals surface area contributed by atoms with Crippen LogP contribution in [0.15, 0.2) is 180 Å². The second-order valence-electron chi connectivity index (χ2n) is 13.7. The van der Waals surface area contributed by atoms with Gasteiger partial charge in [-0.25, -0.2) is 15.0 Å². The smallest absolute Gasteiger partial charge is 0.164 e. The molecule has 0 aliphatic carbocycles. The monoisotopic (exact) mass is 675 g/mol. The molecule has 4 heteroatoms. The van der Waals surface area contributed by atoms with Crippen molar-refractivity contribution in [1.82, 2.24) is 15.0 Å². The molecule has 4 nitrogen and oxygen atoms in total. The summed E-state index contributed by atoms with van der Waals surface area (Å²) in [7, 11) is 0. The second-order valence-corrected chi connectivity index (χ2v) is 13.7. The SMILES string of the molecule is c1ccc(-c2ccc3cc(-c4nc(-c5ccc6cc7c(cc6c5)oc5ccccc57)nc(-c5ccc6c(ccc7ccccc76)c5)n4)ccc3c2)cc1. The van der Waals surface area contributed by atoms with E-state index in [1.54, 1.807) is 0 Å². The number of furan rings is 1. The van der Waals surface area contributed by atoms with Crippen molar-refractivity contribution >= 4 is 65.0 Å². The Bertz CT molecular complexity index is 3240. The Morgan fingerprint density at radius 1 is 0.264 bits per heavy atom. The van der Waals surface area contributed by atoms with Crippen molar-refractivity contribution in [3.63, 3.8) is 0 Å². The minimum atomic E-state index is 0.620. The average molecular weight is 676 g/mol. The van der Waals surface area contributed by atoms with Gasteiger partial charge in [0.1, 0.15) is 11.2 Å². The molecular weight excluding hydrogens is 647 g/mol. The highest BCUT2D eigenvalue weighted by Crippen LogP contribution is 2.35. The summed E-state index contributed by atoms with van der Waals surface area (Å²) in [5.41, 5.74) is 6.93. The fraction of sp³-hybridized carbons (Fsp3) is 0. The van der Waals surface area contributed by atoms with Crippen LogP contribution < -0.4 is 0 Å². The van der Waals surface area contributed by atoms with E-state index in [0.29, 0.717) is 17.5 Å². The van der Waals surface area contributed by atoms with Gasteiger partial charge in [-0.2, -0.15) is 0 Å². The summed E-state index contributed by atoms with van der Waals surface area (Å²) in [4.78, 5) is 15.4. The molecule has 0 radical (unpaired) electrons. The van der Waals surface area contributed by atoms with Gasteiger partial charge < -0.3 is 4.42 Å². The van der Waals surface area contributed by atoms with Gasteiger partial charge in [0, 0.05) is 27.5 Å². The number of hydrogen-bond donors (Lipinski definition) is 0. The van der Waals surface area contributed by atoms with E-state index in [9.17, 15) is 0 Å². The number of benzene rings is 9. The third-order valence-corrected chi connectivity index (χ3v) is 10.4. The van der Waals surface area contributed by atoms with E-state index in [1.165, 1.54) is 27.3 Å². The maximum atomic E-state index is 6.25. The van der Waals surface area contributed by atoms with Crippen molar-refractivity contribution < 1.29 is 4.42 Å². The zero-order valence-corrected chi connectivity index (χ0v) is 28.5. The van der Waals surface area contributed by atoms with E-state index in [2.05, 4.69) is 158 Å². The lowest BCUT2D eigenvalue weighted by Crippen LogP contribution is -2.00. The first-order valence-corrected chi connectivity index (χ1v) is 17.8. The molecule has 0 aliphatic heterocycles. The predicted molar refractivity (Wildman–Crippen MR) is 219 cm³/mol. The average Bonchev–Trinajstić information content (AvgIpc) is 3.59. The van der Waals surface area contributed by atoms with Crippen molar-refractivity contribution in [1.29, 1.82) is 0 Å². The molecule has 0 atom stereocenters. The fourth-order valence-electron chi connectivity index (χ4n) is 7.72. The molecule has 11 aromatic rings. The van der Waals surface area contributed by atoms with Crippen LogP contribution in [0.4, 0.5) is 0 Å². The van der Waals surface area contributed by atoms with E-state index < -0.39 is 0 Å². The Morgan fingerprint density at radius 3 is 1.53 bits per heavy atom. The highest BCUT2D eigenvalue weighted by molar-refractivity contribution is 6.11. The van der Waals surface area contributed by atoms with Crippen molar-refractivity contribution in [2.24, 2.45) is 0 Å². The molecule has 9 aromatic carbocycles. The zero-order chi connectivity index (χ0) is 34.9. The van der Waals surface area contributed by atoms with E-state index in [-0.39, 0.29) is 0 Å². The Morgan fingerprint density at radius 2 is 0.774 bits per heavy atom. The van der Waals surface area contributed by atoms with Crippen LogP contribution in [0.1, 0.15) is 0 Å². The zero-order valence-electron chi connectivity index (χ0n) is 28.5. The van der Waals surface area contributed by atoms with Crippen LogP contribution in [0.2, 0.25) is 0 Å². The molecule has 0 amide bonds. The molecule has 0 saturated carbocycles. The third kappa shape index (κ3) is 5.03. The molecular formula is C49H29N3O. The number of nitrogens with zero attached hydrogens (tertiary/aromatic N) is 3. The van der Waals surface area contributed by atoms with E-state index in [1.807, 2.05) is 18.2 Å². The van der Waals surface area contributed by atoms with Gasteiger partial charge in [0.15, 0.2) is 17.5 Å². The number of hydrogen-bond acceptors (Lipinski definition) is 4. The Labute approximate surface area is 304 Å². The summed E-state index contributed by atoms with van der Waals surface area (Å²) in [5.74, 6) is 1.88. The summed E-state index contributed by atoms with van der Waals surface area (Å²) in [6.45, 7) is 0. The van der Waals surface area contributed by atoms with Gasteiger partial charge in [0.25, 0.3) is 0 Å². The Kier molecular flexibility index (Phi) is 6.52. The molecule has 0 saturated heterocycles. The topological polar surface area (TPSA) is 51.8 Å². The predicted octanol–water partition coefficient (Wildman–Crippen LogP) is 13.1. The van der Waals surface area contributed by atoms with Crippen molar-refractivity contribution in [3.05, 3.63) is 176 Å². The molecule has 2 heterocycles. The second kappa shape index (κ2) is 11.7. The molecule has 246 valence electrons. The van der Waals surface area contributed by atoms with E-state index >= 15 is 0 Å². The van der Waals surface area contributed by atoms with Crippen LogP contribution in [0.5, 0.6) is 0 Å². The van der Waals surface area contributed by atoms with Crippen molar-refractivity contribution in [2.75, 3.05) is 0 Å². The van der Waals surface area contributed by atoms with Crippen molar-refractivity contribution in [3.8, 4) is 45.3 Å². The normalized spacial score (nSPS) is 11.8. The summed E-state index contributed by atoms with van der Waals surface area (Å²) >= 11 is 0. The summed E-state index contributed by atoms with van der Waals surface area (Å²) in [6.07, 6.45) is 0. The molecule has 0 fully saturated rings. The Hall–Kier alpha value is -7.17. The first kappa shape index (κ1) is 29.5. The summed E-state index contributed by atoms with van der Waals surface area (Å²) < 4.78 is 6.25. The van der Waals surface area contributed by atoms with Gasteiger partial charge in [0.2, 0.25) is 0 Å². The lowest BCUT2D eigenvalue weighted by molar-refractivity contribution is 0.669. The van der Waals surface area contributed by atoms with Gasteiger partial charge in [-0.15, -0.1) is 0 Å². The minimum Gasteiger partial charge on any atom is -0.456 e. The van der Waals surface area contributed by atoms with Crippen LogP contribution in [0.3, 0.4) is 0 Å². The molecule has 53 heavy (non-hydrogen) atoms. The molecule has 0 spiro atoms. The lowest BCUT2D eigenvalue weighted by Gasteiger charge is -2.11. The molecule has 2 aromatic heterocycles. The first-order valence-electron chi connectivity index (χ1n) is 17.8. The fourth-order valence-corrected chi connectivity index (χ4v) is 7.72. The first-order chi connectivity index (χ1) is 26.2. The minimum absolute atomic E-state index is 0.620. The van der Waals surface area contributed by atoms with Gasteiger partial charge in [-0.05, 0) is 96.7 Å². The van der Waals surface area contributed by atoms with Gasteiger partial charge in [0.05, 0.1) is 0 Å². The maximum absolute atomic E-state index is 6.25. The molecule has 0 N–H and O–H groups in total. The van der Waals surface area contributed by atoms with Crippen molar-refractivity contribution in [2.45, 2.75) is 0 Å². The number of aromatic nitrogens is 3. The molecule has 0 unspecified atom stereocenters. The van der Waals surface area contributed by atoms with E-state index in [4.69, 9.17) is 19.4 Å². The maximum Gasteiger partial charge on any atom is 0.164 e. The highest BCUT2D eigenvalue weighted by atomic mass is 16.3. The number of para-hydroxylation sites is 1. The molecule has 11 rings (SSSR count). The van der Waals surface area contributed by atoms with Crippen LogP contribution in [-0.4, -0.2) is 15.0 Å². The Balaban J connectivity index is 1.07. The number of fused-ring (bicyclic) bond motifs is 8. The molecule has 0 bridgehead atoms. The van der Waals surface area contributed by atoms with Crippen LogP contribution >= 0.6 is 0 Å². The standard InChI is InChI=1S/C49H29N3O/c1-2-8-30(9-3-1)32-15-16-34-25-37(20-17-33(34)24-32)47-50-48(38-21-18-35-28-44-43-12-6-7-13-45(43)53-46(44)29-40(35)27-38)52-49(51-47)39-22-23-42-36(26-39)19-14-31-10-4-5-11-41(31)42/h1-29H. The highest BCUT2D eigenvalue weighted by Gasteiger charge is 2.16. The lowest BCUT2D eigenvalue weighted by atomic mass is 9.99. The number of rotatable bonds is 4.